The lowest BCUT2D eigenvalue weighted by molar-refractivity contribution is 0.268. The van der Waals surface area contributed by atoms with Gasteiger partial charge < -0.3 is 5.32 Å². The number of rotatable bonds is 1. The third-order valence-corrected chi connectivity index (χ3v) is 5.10. The van der Waals surface area contributed by atoms with Crippen molar-refractivity contribution in [3.8, 4) is 11.8 Å². The normalized spacial score (nSPS) is 29.3. The van der Waals surface area contributed by atoms with Crippen molar-refractivity contribution in [1.82, 2.24) is 10.2 Å². The van der Waals surface area contributed by atoms with Gasteiger partial charge in [0.25, 0.3) is 0 Å². The molecule has 0 saturated carbocycles. The van der Waals surface area contributed by atoms with Crippen molar-refractivity contribution in [3.05, 3.63) is 0 Å². The van der Waals surface area contributed by atoms with Crippen molar-refractivity contribution < 1.29 is 8.42 Å². The Morgan fingerprint density at radius 1 is 1.29 bits per heavy atom. The average Bonchev–Trinajstić information content (AvgIpc) is 2.29. The fourth-order valence-corrected chi connectivity index (χ4v) is 3.94. The van der Waals surface area contributed by atoms with E-state index < -0.39 is 9.84 Å². The number of sulfone groups is 1. The van der Waals surface area contributed by atoms with Crippen molar-refractivity contribution in [2.75, 3.05) is 44.2 Å². The number of nitrogens with zero attached hydrogens (tertiary/aromatic N) is 1. The van der Waals surface area contributed by atoms with Crippen LogP contribution in [0.5, 0.6) is 0 Å². The summed E-state index contributed by atoms with van der Waals surface area (Å²) >= 11 is 0. The Balaban J connectivity index is 1.80. The Hall–Kier alpha value is -0.570. The predicted molar refractivity (Wildman–Crippen MR) is 68.5 cm³/mol. The number of piperazine rings is 1. The molecule has 1 N–H and O–H groups in total. The van der Waals surface area contributed by atoms with Crippen LogP contribution in [0.4, 0.5) is 0 Å². The Labute approximate surface area is 104 Å². The van der Waals surface area contributed by atoms with Crippen molar-refractivity contribution in [3.63, 3.8) is 0 Å². The minimum Gasteiger partial charge on any atom is -0.314 e. The molecule has 0 spiro atoms. The van der Waals surface area contributed by atoms with E-state index in [1.165, 1.54) is 0 Å². The molecule has 2 fully saturated rings. The maximum atomic E-state index is 11.4. The van der Waals surface area contributed by atoms with E-state index in [-0.39, 0.29) is 11.7 Å². The highest BCUT2D eigenvalue weighted by atomic mass is 32.2. The molecular weight excluding hydrogens is 236 g/mol. The van der Waals surface area contributed by atoms with Gasteiger partial charge in [-0.3, -0.25) is 4.90 Å². The molecule has 96 valence electrons. The largest absolute Gasteiger partial charge is 0.314 e. The van der Waals surface area contributed by atoms with Crippen LogP contribution < -0.4 is 5.32 Å². The lowest BCUT2D eigenvalue weighted by Gasteiger charge is -2.25. The molecule has 2 saturated heterocycles. The van der Waals surface area contributed by atoms with Gasteiger partial charge in [-0.25, -0.2) is 8.42 Å². The van der Waals surface area contributed by atoms with Crippen LogP contribution in [0, 0.1) is 17.8 Å². The Morgan fingerprint density at radius 3 is 2.76 bits per heavy atom. The molecule has 0 aromatic carbocycles. The smallest absolute Gasteiger partial charge is 0.151 e. The second-order valence-corrected chi connectivity index (χ2v) is 7.03. The summed E-state index contributed by atoms with van der Waals surface area (Å²) in [6.07, 6.45) is 1.71. The molecule has 17 heavy (non-hydrogen) atoms. The van der Waals surface area contributed by atoms with Gasteiger partial charge in [0.1, 0.15) is 0 Å². The van der Waals surface area contributed by atoms with Crippen LogP contribution in [0.2, 0.25) is 0 Å². The van der Waals surface area contributed by atoms with Crippen LogP contribution in [0.25, 0.3) is 0 Å². The molecule has 0 aliphatic carbocycles. The lowest BCUT2D eigenvalue weighted by atomic mass is 10.1. The van der Waals surface area contributed by atoms with Gasteiger partial charge in [-0.15, -0.1) is 0 Å². The average molecular weight is 256 g/mol. The zero-order valence-electron chi connectivity index (χ0n) is 10.1. The molecule has 0 aromatic rings. The van der Waals surface area contributed by atoms with Gasteiger partial charge in [0, 0.05) is 32.1 Å². The summed E-state index contributed by atoms with van der Waals surface area (Å²) in [4.78, 5) is 2.31. The van der Waals surface area contributed by atoms with Crippen LogP contribution in [0.1, 0.15) is 12.8 Å². The van der Waals surface area contributed by atoms with Gasteiger partial charge in [0.2, 0.25) is 0 Å². The van der Waals surface area contributed by atoms with Gasteiger partial charge >= 0.3 is 0 Å². The van der Waals surface area contributed by atoms with E-state index in [0.717, 1.165) is 45.6 Å². The third-order valence-electron chi connectivity index (χ3n) is 3.28. The van der Waals surface area contributed by atoms with E-state index in [1.807, 2.05) is 0 Å². The molecule has 4 nitrogen and oxygen atoms in total. The standard InChI is InChI=1S/C12H20N2O2S/c15-17(16)10-2-4-12(11-17)3-1-7-14-8-5-13-6-9-14/h12-13H,2,4-11H2. The van der Waals surface area contributed by atoms with Gasteiger partial charge in [-0.1, -0.05) is 11.8 Å². The summed E-state index contributed by atoms with van der Waals surface area (Å²) in [6, 6.07) is 0. The van der Waals surface area contributed by atoms with Crippen LogP contribution in [0.15, 0.2) is 0 Å². The molecule has 1 unspecified atom stereocenters. The predicted octanol–water partition coefficient (Wildman–Crippen LogP) is -0.280. The molecule has 2 aliphatic heterocycles. The summed E-state index contributed by atoms with van der Waals surface area (Å²) in [7, 11) is -2.81. The first-order chi connectivity index (χ1) is 8.16. The fourth-order valence-electron chi connectivity index (χ4n) is 2.31. The summed E-state index contributed by atoms with van der Waals surface area (Å²) in [5.41, 5.74) is 0. The van der Waals surface area contributed by atoms with Gasteiger partial charge in [-0.05, 0) is 12.8 Å². The minimum atomic E-state index is -2.81. The van der Waals surface area contributed by atoms with E-state index in [0.29, 0.717) is 5.75 Å². The van der Waals surface area contributed by atoms with Crippen molar-refractivity contribution in [2.45, 2.75) is 12.8 Å². The molecule has 2 rings (SSSR count). The first-order valence-electron chi connectivity index (χ1n) is 6.28. The van der Waals surface area contributed by atoms with Crippen molar-refractivity contribution >= 4 is 9.84 Å². The SMILES string of the molecule is O=S1(=O)CCCC(C#CCN2CCNCC2)C1. The highest BCUT2D eigenvalue weighted by Crippen LogP contribution is 2.17. The van der Waals surface area contributed by atoms with Crippen molar-refractivity contribution in [2.24, 2.45) is 5.92 Å². The highest BCUT2D eigenvalue weighted by molar-refractivity contribution is 7.91. The van der Waals surface area contributed by atoms with Crippen LogP contribution in [-0.4, -0.2) is 57.5 Å². The number of hydrogen-bond acceptors (Lipinski definition) is 4. The third kappa shape index (κ3) is 4.30. The molecule has 0 amide bonds. The Kier molecular flexibility index (Phi) is 4.43. The maximum absolute atomic E-state index is 11.4. The number of hydrogen-bond donors (Lipinski definition) is 1. The summed E-state index contributed by atoms with van der Waals surface area (Å²) < 4.78 is 22.9. The summed E-state index contributed by atoms with van der Waals surface area (Å²) in [6.45, 7) is 4.91. The van der Waals surface area contributed by atoms with E-state index >= 15 is 0 Å². The van der Waals surface area contributed by atoms with E-state index in [9.17, 15) is 8.42 Å². The monoisotopic (exact) mass is 256 g/mol. The molecule has 0 aromatic heterocycles. The second kappa shape index (κ2) is 5.85. The molecular formula is C12H20N2O2S. The van der Waals surface area contributed by atoms with Crippen molar-refractivity contribution in [1.29, 1.82) is 0 Å². The zero-order chi connectivity index (χ0) is 12.1. The topological polar surface area (TPSA) is 49.4 Å². The Morgan fingerprint density at radius 2 is 2.06 bits per heavy atom. The van der Waals surface area contributed by atoms with Crippen LogP contribution in [-0.2, 0) is 9.84 Å². The maximum Gasteiger partial charge on any atom is 0.151 e. The van der Waals surface area contributed by atoms with E-state index in [2.05, 4.69) is 22.1 Å². The summed E-state index contributed by atoms with van der Waals surface area (Å²) in [5, 5.41) is 3.30. The first-order valence-corrected chi connectivity index (χ1v) is 8.10. The Bertz CT molecular complexity index is 402. The van der Waals surface area contributed by atoms with Gasteiger partial charge in [0.15, 0.2) is 9.84 Å². The van der Waals surface area contributed by atoms with Crippen LogP contribution in [0.3, 0.4) is 0 Å². The molecule has 0 bridgehead atoms. The lowest BCUT2D eigenvalue weighted by Crippen LogP contribution is -2.43. The first kappa shape index (κ1) is 12.9. The van der Waals surface area contributed by atoms with E-state index in [1.54, 1.807) is 0 Å². The van der Waals surface area contributed by atoms with E-state index in [4.69, 9.17) is 0 Å². The molecule has 5 heteroatoms. The minimum absolute atomic E-state index is 0.0664. The molecule has 2 aliphatic rings. The van der Waals surface area contributed by atoms with Gasteiger partial charge in [-0.2, -0.15) is 0 Å². The second-order valence-electron chi connectivity index (χ2n) is 4.80. The molecule has 2 heterocycles. The quantitative estimate of drug-likeness (QED) is 0.656. The van der Waals surface area contributed by atoms with Crippen LogP contribution >= 0.6 is 0 Å². The number of nitrogens with one attached hydrogen (secondary N) is 1. The summed E-state index contributed by atoms with van der Waals surface area (Å²) in [5.74, 6) is 6.96. The fraction of sp³-hybridized carbons (Fsp3) is 0.833. The van der Waals surface area contributed by atoms with Gasteiger partial charge in [0.05, 0.1) is 18.1 Å². The highest BCUT2D eigenvalue weighted by Gasteiger charge is 2.23. The molecule has 0 radical (unpaired) electrons. The zero-order valence-corrected chi connectivity index (χ0v) is 10.9. The molecule has 1 atom stereocenters.